The molecule has 2 nitrogen and oxygen atoms in total. The van der Waals surface area contributed by atoms with Gasteiger partial charge in [-0.15, -0.1) is 5.73 Å². The van der Waals surface area contributed by atoms with E-state index in [9.17, 15) is 4.79 Å². The molecule has 0 aliphatic carbocycles. The third-order valence-electron chi connectivity index (χ3n) is 2.25. The SMILES string of the molecule is C=C=C(CCCCCC)CC(=O)OCC. The van der Waals surface area contributed by atoms with Gasteiger partial charge in [-0.3, -0.25) is 4.79 Å². The largest absolute Gasteiger partial charge is 0.466 e. The average molecular weight is 210 g/mol. The molecule has 0 aliphatic rings. The van der Waals surface area contributed by atoms with Gasteiger partial charge in [0.2, 0.25) is 0 Å². The zero-order valence-electron chi connectivity index (χ0n) is 9.97. The first kappa shape index (κ1) is 14.0. The van der Waals surface area contributed by atoms with Gasteiger partial charge in [0.15, 0.2) is 0 Å². The van der Waals surface area contributed by atoms with Crippen LogP contribution in [0.3, 0.4) is 0 Å². The van der Waals surface area contributed by atoms with Crippen LogP contribution in [-0.2, 0) is 9.53 Å². The molecule has 0 atom stereocenters. The minimum absolute atomic E-state index is 0.167. The molecular weight excluding hydrogens is 188 g/mol. The van der Waals surface area contributed by atoms with Gasteiger partial charge in [-0.25, -0.2) is 0 Å². The molecule has 2 heteroatoms. The Balaban J connectivity index is 3.75. The summed E-state index contributed by atoms with van der Waals surface area (Å²) in [4.78, 5) is 11.2. The van der Waals surface area contributed by atoms with Crippen LogP contribution in [0.2, 0.25) is 0 Å². The Morgan fingerprint density at radius 1 is 1.27 bits per heavy atom. The second-order valence-corrected chi connectivity index (χ2v) is 3.57. The molecule has 0 amide bonds. The second kappa shape index (κ2) is 9.54. The summed E-state index contributed by atoms with van der Waals surface area (Å²) in [5.41, 5.74) is 3.81. The molecule has 0 heterocycles. The van der Waals surface area contributed by atoms with E-state index in [4.69, 9.17) is 4.74 Å². The number of carbonyl (C=O) groups is 1. The molecule has 86 valence electrons. The van der Waals surface area contributed by atoms with Gasteiger partial charge in [-0.2, -0.15) is 0 Å². The minimum Gasteiger partial charge on any atom is -0.466 e. The van der Waals surface area contributed by atoms with Crippen molar-refractivity contribution in [2.24, 2.45) is 0 Å². The minimum atomic E-state index is -0.167. The van der Waals surface area contributed by atoms with Crippen molar-refractivity contribution in [3.05, 3.63) is 17.9 Å². The highest BCUT2D eigenvalue weighted by atomic mass is 16.5. The van der Waals surface area contributed by atoms with Crippen molar-refractivity contribution in [3.63, 3.8) is 0 Å². The molecule has 0 spiro atoms. The number of esters is 1. The highest BCUT2D eigenvalue weighted by Crippen LogP contribution is 2.12. The number of hydrogen-bond donors (Lipinski definition) is 0. The third-order valence-corrected chi connectivity index (χ3v) is 2.25. The zero-order chi connectivity index (χ0) is 11.5. The van der Waals surface area contributed by atoms with Crippen LogP contribution >= 0.6 is 0 Å². The van der Waals surface area contributed by atoms with Crippen molar-refractivity contribution in [1.82, 2.24) is 0 Å². The molecule has 15 heavy (non-hydrogen) atoms. The highest BCUT2D eigenvalue weighted by molar-refractivity contribution is 5.72. The van der Waals surface area contributed by atoms with E-state index in [0.717, 1.165) is 18.4 Å². The summed E-state index contributed by atoms with van der Waals surface area (Å²) in [7, 11) is 0. The lowest BCUT2D eigenvalue weighted by molar-refractivity contribution is -0.142. The van der Waals surface area contributed by atoms with Gasteiger partial charge in [0, 0.05) is 0 Å². The van der Waals surface area contributed by atoms with Crippen molar-refractivity contribution in [3.8, 4) is 0 Å². The third kappa shape index (κ3) is 8.02. The fourth-order valence-electron chi connectivity index (χ4n) is 1.39. The molecule has 0 aliphatic heterocycles. The summed E-state index contributed by atoms with van der Waals surface area (Å²) in [5, 5.41) is 0. The predicted octanol–water partition coefficient (Wildman–Crippen LogP) is 3.62. The molecule has 0 fully saturated rings. The molecular formula is C13H22O2. The Kier molecular flexibility index (Phi) is 8.90. The lowest BCUT2D eigenvalue weighted by Gasteiger charge is -2.04. The van der Waals surface area contributed by atoms with E-state index in [1.54, 1.807) is 0 Å². The van der Waals surface area contributed by atoms with Gasteiger partial charge in [0.25, 0.3) is 0 Å². The van der Waals surface area contributed by atoms with Gasteiger partial charge in [0.1, 0.15) is 0 Å². The smallest absolute Gasteiger partial charge is 0.310 e. The zero-order valence-corrected chi connectivity index (χ0v) is 9.97. The lowest BCUT2D eigenvalue weighted by atomic mass is 10.0. The highest BCUT2D eigenvalue weighted by Gasteiger charge is 2.05. The normalized spacial score (nSPS) is 9.47. The molecule has 0 aromatic carbocycles. The van der Waals surface area contributed by atoms with Gasteiger partial charge < -0.3 is 4.74 Å². The molecule has 0 rings (SSSR count). The first-order chi connectivity index (χ1) is 7.24. The molecule has 0 radical (unpaired) electrons. The fourth-order valence-corrected chi connectivity index (χ4v) is 1.39. The van der Waals surface area contributed by atoms with E-state index < -0.39 is 0 Å². The topological polar surface area (TPSA) is 26.3 Å². The van der Waals surface area contributed by atoms with E-state index in [1.165, 1.54) is 19.3 Å². The van der Waals surface area contributed by atoms with Gasteiger partial charge >= 0.3 is 5.97 Å². The number of carbonyl (C=O) groups excluding carboxylic acids is 1. The summed E-state index contributed by atoms with van der Waals surface area (Å²) in [5.74, 6) is -0.167. The van der Waals surface area contributed by atoms with Gasteiger partial charge in [-0.1, -0.05) is 32.8 Å². The van der Waals surface area contributed by atoms with Crippen molar-refractivity contribution < 1.29 is 9.53 Å². The summed E-state index contributed by atoms with van der Waals surface area (Å²) in [6, 6.07) is 0. The Labute approximate surface area is 93.0 Å². The Bertz CT molecular complexity index is 225. The summed E-state index contributed by atoms with van der Waals surface area (Å²) < 4.78 is 4.87. The van der Waals surface area contributed by atoms with Crippen LogP contribution in [0.1, 0.15) is 52.4 Å². The lowest BCUT2D eigenvalue weighted by Crippen LogP contribution is -2.04. The predicted molar refractivity (Wildman–Crippen MR) is 62.7 cm³/mol. The van der Waals surface area contributed by atoms with Crippen LogP contribution in [0, 0.1) is 0 Å². The van der Waals surface area contributed by atoms with Crippen LogP contribution < -0.4 is 0 Å². The van der Waals surface area contributed by atoms with Crippen LogP contribution in [0.4, 0.5) is 0 Å². The number of rotatable bonds is 8. The molecule has 0 aromatic rings. The second-order valence-electron chi connectivity index (χ2n) is 3.57. The fraction of sp³-hybridized carbons (Fsp3) is 0.692. The first-order valence-corrected chi connectivity index (χ1v) is 5.78. The quantitative estimate of drug-likeness (QED) is 0.347. The summed E-state index contributed by atoms with van der Waals surface area (Å²) in [6.07, 6.45) is 6.08. The first-order valence-electron chi connectivity index (χ1n) is 5.78. The average Bonchev–Trinajstić information content (AvgIpc) is 2.23. The van der Waals surface area contributed by atoms with E-state index in [2.05, 4.69) is 19.2 Å². The van der Waals surface area contributed by atoms with E-state index in [1.807, 2.05) is 6.92 Å². The Morgan fingerprint density at radius 2 is 2.00 bits per heavy atom. The molecule has 0 unspecified atom stereocenters. The Hall–Kier alpha value is -1.01. The number of hydrogen-bond acceptors (Lipinski definition) is 2. The molecule has 0 bridgehead atoms. The van der Waals surface area contributed by atoms with Crippen molar-refractivity contribution in [2.45, 2.75) is 52.4 Å². The van der Waals surface area contributed by atoms with E-state index in [-0.39, 0.29) is 5.97 Å². The van der Waals surface area contributed by atoms with Gasteiger partial charge in [0.05, 0.1) is 13.0 Å². The van der Waals surface area contributed by atoms with Crippen molar-refractivity contribution in [1.29, 1.82) is 0 Å². The van der Waals surface area contributed by atoms with Crippen LogP contribution in [0.15, 0.2) is 17.9 Å². The maximum atomic E-state index is 11.2. The van der Waals surface area contributed by atoms with Crippen LogP contribution in [0.5, 0.6) is 0 Å². The van der Waals surface area contributed by atoms with Crippen molar-refractivity contribution >= 4 is 5.97 Å². The standard InChI is InChI=1S/C13H22O2/c1-4-7-8-9-10-12(5-2)11-13(14)15-6-3/h2,4,6-11H2,1,3H3. The van der Waals surface area contributed by atoms with Gasteiger partial charge in [-0.05, 0) is 25.3 Å². The molecule has 0 aromatic heterocycles. The number of unbranched alkanes of at least 4 members (excludes halogenated alkanes) is 3. The molecule has 0 saturated carbocycles. The van der Waals surface area contributed by atoms with E-state index in [0.29, 0.717) is 13.0 Å². The molecule has 0 N–H and O–H groups in total. The van der Waals surface area contributed by atoms with Crippen LogP contribution in [0.25, 0.3) is 0 Å². The van der Waals surface area contributed by atoms with Crippen LogP contribution in [-0.4, -0.2) is 12.6 Å². The monoisotopic (exact) mass is 210 g/mol. The maximum absolute atomic E-state index is 11.2. The molecule has 0 saturated heterocycles. The Morgan fingerprint density at radius 3 is 2.53 bits per heavy atom. The summed E-state index contributed by atoms with van der Waals surface area (Å²) in [6.45, 7) is 8.05. The maximum Gasteiger partial charge on any atom is 0.310 e. The van der Waals surface area contributed by atoms with E-state index >= 15 is 0 Å². The number of ether oxygens (including phenoxy) is 1. The summed E-state index contributed by atoms with van der Waals surface area (Å²) >= 11 is 0. The van der Waals surface area contributed by atoms with Crippen molar-refractivity contribution in [2.75, 3.05) is 6.61 Å².